The number of nitrogens with zero attached hydrogens (tertiary/aromatic N) is 1. The van der Waals surface area contributed by atoms with Gasteiger partial charge in [0.2, 0.25) is 0 Å². The second kappa shape index (κ2) is 4.25. The van der Waals surface area contributed by atoms with Crippen LogP contribution in [0.5, 0.6) is 0 Å². The fourth-order valence-electron chi connectivity index (χ4n) is 2.10. The molecular formula is C9H15NO4. The van der Waals surface area contributed by atoms with E-state index in [1.54, 1.807) is 0 Å². The number of morpholine rings is 1. The van der Waals surface area contributed by atoms with Crippen molar-refractivity contribution in [1.82, 2.24) is 4.90 Å². The predicted octanol–water partition coefficient (Wildman–Crippen LogP) is -0.439. The molecule has 2 heterocycles. The Morgan fingerprint density at radius 3 is 2.64 bits per heavy atom. The van der Waals surface area contributed by atoms with Crippen LogP contribution < -0.4 is 0 Å². The molecule has 0 spiro atoms. The Morgan fingerprint density at radius 2 is 2.00 bits per heavy atom. The largest absolute Gasteiger partial charge is 0.479 e. The van der Waals surface area contributed by atoms with Crippen LogP contribution >= 0.6 is 0 Å². The van der Waals surface area contributed by atoms with Crippen molar-refractivity contribution >= 4 is 5.97 Å². The van der Waals surface area contributed by atoms with Gasteiger partial charge >= 0.3 is 5.97 Å². The van der Waals surface area contributed by atoms with E-state index in [4.69, 9.17) is 14.6 Å². The molecule has 2 saturated heterocycles. The molecule has 0 radical (unpaired) electrons. The third kappa shape index (κ3) is 1.89. The number of carboxylic acids is 1. The van der Waals surface area contributed by atoms with E-state index in [0.717, 1.165) is 19.5 Å². The van der Waals surface area contributed by atoms with E-state index in [9.17, 15) is 4.79 Å². The number of carbonyl (C=O) groups is 1. The quantitative estimate of drug-likeness (QED) is 0.656. The minimum atomic E-state index is -0.848. The minimum absolute atomic E-state index is 0.0383. The highest BCUT2D eigenvalue weighted by Gasteiger charge is 2.38. The zero-order valence-corrected chi connectivity index (χ0v) is 8.02. The third-order valence-corrected chi connectivity index (χ3v) is 2.82. The molecule has 0 aromatic heterocycles. The van der Waals surface area contributed by atoms with Crippen LogP contribution in [0.3, 0.4) is 0 Å². The molecule has 1 N–H and O–H groups in total. The van der Waals surface area contributed by atoms with E-state index in [0.29, 0.717) is 19.8 Å². The smallest absolute Gasteiger partial charge is 0.334 e. The second-order valence-electron chi connectivity index (χ2n) is 3.63. The van der Waals surface area contributed by atoms with Gasteiger partial charge in [-0.25, -0.2) is 4.79 Å². The molecule has 0 aromatic carbocycles. The van der Waals surface area contributed by atoms with Crippen LogP contribution in [-0.4, -0.2) is 61.0 Å². The third-order valence-electron chi connectivity index (χ3n) is 2.82. The van der Waals surface area contributed by atoms with Gasteiger partial charge in [-0.05, 0) is 6.42 Å². The van der Waals surface area contributed by atoms with Crippen molar-refractivity contribution < 1.29 is 19.4 Å². The maximum absolute atomic E-state index is 10.9. The molecule has 0 aliphatic carbocycles. The zero-order chi connectivity index (χ0) is 9.97. The first kappa shape index (κ1) is 9.89. The number of rotatable bonds is 2. The molecule has 2 fully saturated rings. The van der Waals surface area contributed by atoms with Gasteiger partial charge in [-0.3, -0.25) is 4.90 Å². The fourth-order valence-corrected chi connectivity index (χ4v) is 2.10. The number of hydrogen-bond acceptors (Lipinski definition) is 4. The molecule has 2 aliphatic rings. The Hall–Kier alpha value is -0.650. The highest BCUT2D eigenvalue weighted by molar-refractivity contribution is 5.73. The van der Waals surface area contributed by atoms with Crippen molar-refractivity contribution in [3.8, 4) is 0 Å². The van der Waals surface area contributed by atoms with E-state index < -0.39 is 12.1 Å². The summed E-state index contributed by atoms with van der Waals surface area (Å²) in [6.45, 7) is 3.58. The average Bonchev–Trinajstić information content (AvgIpc) is 2.67. The average molecular weight is 201 g/mol. The Kier molecular flexibility index (Phi) is 3.00. The predicted molar refractivity (Wildman–Crippen MR) is 48.2 cm³/mol. The summed E-state index contributed by atoms with van der Waals surface area (Å²) >= 11 is 0. The molecule has 2 atom stereocenters. The van der Waals surface area contributed by atoms with Crippen LogP contribution in [0.1, 0.15) is 6.42 Å². The number of ether oxygens (including phenoxy) is 2. The van der Waals surface area contributed by atoms with Crippen molar-refractivity contribution in [2.45, 2.75) is 18.6 Å². The van der Waals surface area contributed by atoms with Crippen molar-refractivity contribution in [3.63, 3.8) is 0 Å². The van der Waals surface area contributed by atoms with Gasteiger partial charge < -0.3 is 14.6 Å². The van der Waals surface area contributed by atoms with E-state index in [2.05, 4.69) is 4.90 Å². The molecule has 5 nitrogen and oxygen atoms in total. The summed E-state index contributed by atoms with van der Waals surface area (Å²) in [7, 11) is 0. The summed E-state index contributed by atoms with van der Waals surface area (Å²) in [6.07, 6.45) is 0.171. The van der Waals surface area contributed by atoms with Crippen LogP contribution in [0.2, 0.25) is 0 Å². The van der Waals surface area contributed by atoms with Gasteiger partial charge in [0.15, 0.2) is 6.10 Å². The van der Waals surface area contributed by atoms with Crippen LogP contribution in [-0.2, 0) is 14.3 Å². The normalized spacial score (nSPS) is 34.6. The molecule has 2 aliphatic heterocycles. The Morgan fingerprint density at radius 1 is 1.29 bits per heavy atom. The van der Waals surface area contributed by atoms with Gasteiger partial charge in [0.1, 0.15) is 0 Å². The van der Waals surface area contributed by atoms with Gasteiger partial charge in [0.25, 0.3) is 0 Å². The molecule has 0 aromatic rings. The molecule has 5 heteroatoms. The lowest BCUT2D eigenvalue weighted by atomic mass is 10.1. The highest BCUT2D eigenvalue weighted by Crippen LogP contribution is 2.20. The lowest BCUT2D eigenvalue weighted by Gasteiger charge is -2.33. The maximum Gasteiger partial charge on any atom is 0.334 e. The Bertz CT molecular complexity index is 215. The van der Waals surface area contributed by atoms with Crippen molar-refractivity contribution in [2.24, 2.45) is 0 Å². The zero-order valence-electron chi connectivity index (χ0n) is 8.02. The molecule has 0 bridgehead atoms. The fraction of sp³-hybridized carbons (Fsp3) is 0.889. The van der Waals surface area contributed by atoms with Gasteiger partial charge in [0.05, 0.1) is 13.2 Å². The number of aliphatic carboxylic acids is 1. The summed E-state index contributed by atoms with van der Waals surface area (Å²) in [5.74, 6) is -0.848. The lowest BCUT2D eigenvalue weighted by Crippen LogP contribution is -2.49. The summed E-state index contributed by atoms with van der Waals surface area (Å²) in [4.78, 5) is 13.0. The van der Waals surface area contributed by atoms with E-state index in [-0.39, 0.29) is 6.04 Å². The van der Waals surface area contributed by atoms with E-state index in [1.165, 1.54) is 0 Å². The summed E-state index contributed by atoms with van der Waals surface area (Å²) in [5.41, 5.74) is 0. The van der Waals surface area contributed by atoms with Crippen molar-refractivity contribution in [1.29, 1.82) is 0 Å². The van der Waals surface area contributed by atoms with Crippen LogP contribution in [0.15, 0.2) is 0 Å². The minimum Gasteiger partial charge on any atom is -0.479 e. The molecule has 0 saturated carbocycles. The SMILES string of the molecule is O=C(O)C1OCCC1N1CCOCC1. The lowest BCUT2D eigenvalue weighted by molar-refractivity contribution is -0.150. The van der Waals surface area contributed by atoms with Crippen LogP contribution in [0, 0.1) is 0 Å². The van der Waals surface area contributed by atoms with Gasteiger partial charge in [0, 0.05) is 25.7 Å². The summed E-state index contributed by atoms with van der Waals surface area (Å²) in [6, 6.07) is 0.0383. The first-order valence-electron chi connectivity index (χ1n) is 4.95. The summed E-state index contributed by atoms with van der Waals surface area (Å²) in [5, 5.41) is 8.93. The van der Waals surface area contributed by atoms with Gasteiger partial charge in [-0.1, -0.05) is 0 Å². The molecular weight excluding hydrogens is 186 g/mol. The second-order valence-corrected chi connectivity index (χ2v) is 3.63. The molecule has 80 valence electrons. The summed E-state index contributed by atoms with van der Waals surface area (Å²) < 4.78 is 10.4. The standard InChI is InChI=1S/C9H15NO4/c11-9(12)8-7(1-4-14-8)10-2-5-13-6-3-10/h7-8H,1-6H2,(H,11,12). The highest BCUT2D eigenvalue weighted by atomic mass is 16.5. The van der Waals surface area contributed by atoms with E-state index in [1.807, 2.05) is 0 Å². The molecule has 2 rings (SSSR count). The Balaban J connectivity index is 1.97. The molecule has 0 amide bonds. The van der Waals surface area contributed by atoms with Gasteiger partial charge in [-0.2, -0.15) is 0 Å². The maximum atomic E-state index is 10.9. The molecule has 14 heavy (non-hydrogen) atoms. The van der Waals surface area contributed by atoms with Crippen molar-refractivity contribution in [2.75, 3.05) is 32.9 Å². The first-order chi connectivity index (χ1) is 6.79. The Labute approximate surface area is 82.6 Å². The number of hydrogen-bond donors (Lipinski definition) is 1. The van der Waals surface area contributed by atoms with Crippen LogP contribution in [0.4, 0.5) is 0 Å². The van der Waals surface area contributed by atoms with Crippen molar-refractivity contribution in [3.05, 3.63) is 0 Å². The monoisotopic (exact) mass is 201 g/mol. The molecule has 2 unspecified atom stereocenters. The van der Waals surface area contributed by atoms with Crippen LogP contribution in [0.25, 0.3) is 0 Å². The topological polar surface area (TPSA) is 59.0 Å². The van der Waals surface area contributed by atoms with E-state index >= 15 is 0 Å². The van der Waals surface area contributed by atoms with Gasteiger partial charge in [-0.15, -0.1) is 0 Å². The first-order valence-corrected chi connectivity index (χ1v) is 4.95. The number of carboxylic acid groups (broad SMARTS) is 1.